The maximum absolute atomic E-state index is 8.25. The zero-order valence-corrected chi connectivity index (χ0v) is 52.4. The Kier molecular flexibility index (Phi) is 80.4. The first-order valence-electron chi connectivity index (χ1n) is 20.8. The van der Waals surface area contributed by atoms with Crippen LogP contribution in [0.2, 0.25) is 0 Å². The number of aliphatic hydroxyl groups excluding tert-OH is 2. The van der Waals surface area contributed by atoms with Gasteiger partial charge >= 0.3 is 68.3 Å². The van der Waals surface area contributed by atoms with Gasteiger partial charge in [0.15, 0.2) is 8.59 Å². The SMILES string of the molecule is CCO.CCO.C[O-].C[O-].ClC(Cl)Cl.ClC(Cl)Cl.O=[N+]([O-])[O-].O=[N+]([O-])[O-].O=[N+]([O-])[O-].O=[N+]([O-])[O-].O=[N+]([O-])[O-].O=[N+]([O-])[O-].[Cu+2].[Cu+2].[Cu+2].[Cu+2].c1ccc(-c2cc(-c3ccc(-c4cc(-c5ccccn5)nnc4-c4ccccn4)cc3)c(-c3ccccn3)nn2)nc1. The third kappa shape index (κ3) is 66.4. The van der Waals surface area contributed by atoms with Crippen molar-refractivity contribution in [3.63, 3.8) is 0 Å². The van der Waals surface area contributed by atoms with Crippen LogP contribution in [0.1, 0.15) is 13.8 Å². The molecule has 6 heterocycles. The molecule has 0 aliphatic carbocycles. The van der Waals surface area contributed by atoms with Crippen LogP contribution in [0, 0.1) is 91.9 Å². The van der Waals surface area contributed by atoms with E-state index in [1.54, 1.807) is 38.6 Å². The van der Waals surface area contributed by atoms with Crippen LogP contribution in [-0.2, 0) is 68.3 Å². The molecule has 1 aromatic carbocycles. The van der Waals surface area contributed by atoms with Crippen LogP contribution in [0.4, 0.5) is 0 Å². The molecule has 0 atom stereocenters. The Labute approximate surface area is 568 Å². The van der Waals surface area contributed by atoms with Gasteiger partial charge in [-0.2, -0.15) is 14.2 Å². The summed E-state index contributed by atoms with van der Waals surface area (Å²) < 4.78 is -1.50. The summed E-state index contributed by atoms with van der Waals surface area (Å²) in [6, 6.07) is 35.3. The fourth-order valence-electron chi connectivity index (χ4n) is 4.72. The zero-order valence-electron chi connectivity index (χ0n) is 44.1. The van der Waals surface area contributed by atoms with Crippen molar-refractivity contribution in [2.75, 3.05) is 27.4 Å². The average Bonchev–Trinajstić information content (AvgIpc) is 3.15. The normalized spacial score (nSPS) is 8.18. The van der Waals surface area contributed by atoms with Gasteiger partial charge in [-0.15, -0.1) is 20.4 Å². The number of alkyl halides is 6. The maximum atomic E-state index is 8.25. The van der Waals surface area contributed by atoms with Gasteiger partial charge in [0, 0.05) is 49.1 Å². The largest absolute Gasteiger partial charge is 2.00 e. The summed E-state index contributed by atoms with van der Waals surface area (Å²) in [6.45, 7) is 3.86. The van der Waals surface area contributed by atoms with Gasteiger partial charge < -0.3 is 112 Å². The van der Waals surface area contributed by atoms with E-state index in [-0.39, 0.29) is 81.5 Å². The quantitative estimate of drug-likeness (QED) is 0.0712. The monoisotopic (exact) mass is 1560 g/mol. The van der Waals surface area contributed by atoms with E-state index in [0.717, 1.165) is 59.2 Å². The van der Waals surface area contributed by atoms with Gasteiger partial charge in [0.05, 0.1) is 53.3 Å². The van der Waals surface area contributed by atoms with Gasteiger partial charge in [0.25, 0.3) is 0 Å². The van der Waals surface area contributed by atoms with Crippen LogP contribution < -0.4 is 10.2 Å². The minimum absolute atomic E-state index is 0. The first-order valence-corrected chi connectivity index (χ1v) is 23.4. The summed E-state index contributed by atoms with van der Waals surface area (Å²) >= 11 is 28.8. The first-order chi connectivity index (χ1) is 39.5. The molecule has 2 N–H and O–H groups in total. The number of aromatic nitrogens is 8. The van der Waals surface area contributed by atoms with Crippen LogP contribution in [0.3, 0.4) is 0 Å². The molecule has 0 amide bonds. The second kappa shape index (κ2) is 68.9. The number of pyridine rings is 4. The van der Waals surface area contributed by atoms with Crippen LogP contribution in [0.25, 0.3) is 67.8 Å². The second-order valence-electron chi connectivity index (χ2n) is 11.9. The molecule has 7 rings (SSSR count). The number of hydrogen-bond acceptors (Lipinski definition) is 30. The van der Waals surface area contributed by atoms with E-state index >= 15 is 0 Å². The molecule has 0 unspecified atom stereocenters. The molecule has 88 heavy (non-hydrogen) atoms. The molecular formula is C42H42Cl6Cu4N14O22. The molecule has 46 heteroatoms. The Morgan fingerprint density at radius 3 is 0.682 bits per heavy atom. The molecule has 36 nitrogen and oxygen atoms in total. The van der Waals surface area contributed by atoms with E-state index in [1.165, 1.54) is 0 Å². The number of rotatable bonds is 6. The van der Waals surface area contributed by atoms with E-state index in [4.69, 9.17) is 182 Å². The van der Waals surface area contributed by atoms with Gasteiger partial charge in [-0.05, 0) is 85.6 Å². The minimum Gasteiger partial charge on any atom is -0.857 e. The third-order valence-corrected chi connectivity index (χ3v) is 6.76. The molecule has 4 radical (unpaired) electrons. The van der Waals surface area contributed by atoms with Crippen molar-refractivity contribution in [3.05, 3.63) is 226 Å². The maximum Gasteiger partial charge on any atom is 2.00 e. The van der Waals surface area contributed by atoms with Gasteiger partial charge in [0.1, 0.15) is 22.8 Å². The van der Waals surface area contributed by atoms with Crippen LogP contribution >= 0.6 is 69.6 Å². The molecule has 0 fully saturated rings. The average molecular weight is 1560 g/mol. The van der Waals surface area contributed by atoms with E-state index in [1.807, 2.05) is 84.9 Å². The Morgan fingerprint density at radius 1 is 0.352 bits per heavy atom. The number of hydrogen-bond donors (Lipinski definition) is 2. The van der Waals surface area contributed by atoms with Gasteiger partial charge in [-0.25, -0.2) is 0 Å². The Morgan fingerprint density at radius 2 is 0.523 bits per heavy atom. The summed E-state index contributed by atoms with van der Waals surface area (Å²) in [5.41, 5.74) is 9.50. The fourth-order valence-corrected chi connectivity index (χ4v) is 4.72. The zero-order chi connectivity index (χ0) is 66.2. The van der Waals surface area contributed by atoms with Crippen molar-refractivity contribution in [3.8, 4) is 67.8 Å². The van der Waals surface area contributed by atoms with Crippen LogP contribution in [0.5, 0.6) is 0 Å². The molecule has 0 bridgehead atoms. The van der Waals surface area contributed by atoms with Crippen molar-refractivity contribution in [2.45, 2.75) is 22.4 Å². The molecule has 0 saturated heterocycles. The first kappa shape index (κ1) is 103. The predicted molar refractivity (Wildman–Crippen MR) is 304 cm³/mol. The molecule has 6 aromatic heterocycles. The van der Waals surface area contributed by atoms with Gasteiger partial charge in [-0.3, -0.25) is 19.9 Å². The Hall–Kier alpha value is -7.16. The van der Waals surface area contributed by atoms with E-state index in [2.05, 4.69) is 64.6 Å². The second-order valence-corrected chi connectivity index (χ2v) is 15.8. The fraction of sp³-hybridized carbons (Fsp3) is 0.190. The summed E-state index contributed by atoms with van der Waals surface area (Å²) in [4.78, 5) is 67.5. The molecule has 7 aromatic rings. The summed E-state index contributed by atoms with van der Waals surface area (Å²) in [7, 11) is 1.50. The van der Waals surface area contributed by atoms with Gasteiger partial charge in [0.2, 0.25) is 0 Å². The summed E-state index contributed by atoms with van der Waals surface area (Å²) in [5, 5.41) is 138. The molecular weight excluding hydrogens is 1520 g/mol. The van der Waals surface area contributed by atoms with Crippen molar-refractivity contribution in [2.24, 2.45) is 0 Å². The number of halogens is 6. The molecule has 0 aliphatic rings. The molecule has 0 aliphatic heterocycles. The van der Waals surface area contributed by atoms with Crippen LogP contribution in [0.15, 0.2) is 134 Å². The van der Waals surface area contributed by atoms with Crippen molar-refractivity contribution >= 4 is 69.6 Å². The van der Waals surface area contributed by atoms with Crippen molar-refractivity contribution < 1.29 is 119 Å². The summed E-state index contributed by atoms with van der Waals surface area (Å²) in [6.07, 6.45) is 7.01. The van der Waals surface area contributed by atoms with Crippen molar-refractivity contribution in [1.82, 2.24) is 40.3 Å². The standard InChI is InChI=1S/C34H22N8.2C2H6O.2CHCl3.2CH3O.4Cu.6NO3/c1-5-17-35-27(9-1)31-21-25(33(41-39-31)29-11-3-7-19-37-29)23-13-15-24(16-14-23)26-22-32(28-10-2-6-18-36-28)40-42-34(26)30-12-4-8-20-38-30;2*1-2-3;2*2-1(3)4;2*1-2;;;;;6*2-1(3)4/h1-22H;2*3H,2H2,1H3;2*1H;2*1H3;;;;;;;;;;/q;;;;;2*-1;4*+2;6*-1. The molecule has 0 spiro atoms. The smallest absolute Gasteiger partial charge is 0.857 e. The Bertz CT molecular complexity index is 2560. The van der Waals surface area contributed by atoms with Crippen molar-refractivity contribution in [1.29, 1.82) is 0 Å². The van der Waals surface area contributed by atoms with E-state index in [0.29, 0.717) is 22.8 Å². The number of benzene rings is 1. The predicted octanol–water partition coefficient (Wildman–Crippen LogP) is 7.33. The topological polar surface area (TPSA) is 587 Å². The Balaban J connectivity index is -0.000000136. The van der Waals surface area contributed by atoms with E-state index in [9.17, 15) is 0 Å². The molecule has 0 saturated carbocycles. The third-order valence-electron chi connectivity index (χ3n) is 6.76. The molecule has 498 valence electrons. The minimum atomic E-state index is -1.75. The number of nitrogens with zero attached hydrogens (tertiary/aromatic N) is 14. The van der Waals surface area contributed by atoms with Gasteiger partial charge in [-0.1, -0.05) is 118 Å². The number of aliphatic hydroxyl groups is 2. The van der Waals surface area contributed by atoms with E-state index < -0.39 is 39.1 Å². The summed E-state index contributed by atoms with van der Waals surface area (Å²) in [5.74, 6) is 0. The van der Waals surface area contributed by atoms with Crippen LogP contribution in [-0.4, -0.2) is 117 Å².